The summed E-state index contributed by atoms with van der Waals surface area (Å²) in [6.45, 7) is 1.13. The lowest BCUT2D eigenvalue weighted by molar-refractivity contribution is 0.0696. The van der Waals surface area contributed by atoms with Gasteiger partial charge < -0.3 is 21.9 Å². The molecule has 0 saturated heterocycles. The maximum Gasteiger partial charge on any atom is 0.336 e. The molecule has 0 spiro atoms. The summed E-state index contributed by atoms with van der Waals surface area (Å²) in [5, 5.41) is 12.1. The Morgan fingerprint density at radius 1 is 1.47 bits per heavy atom. The normalized spacial score (nSPS) is 10.6. The molecule has 0 unspecified atom stereocenters. The van der Waals surface area contributed by atoms with Gasteiger partial charge in [0, 0.05) is 18.8 Å². The van der Waals surface area contributed by atoms with Gasteiger partial charge in [0.2, 0.25) is 0 Å². The zero-order valence-electron chi connectivity index (χ0n) is 9.52. The van der Waals surface area contributed by atoms with E-state index in [4.69, 9.17) is 16.6 Å². The molecular weight excluding hydrogens is 218 g/mol. The highest BCUT2D eigenvalue weighted by molar-refractivity contribution is 5.90. The number of anilines is 1. The molecule has 0 aromatic heterocycles. The molecule has 1 aromatic carbocycles. The predicted octanol–water partition coefficient (Wildman–Crippen LogP) is 0.571. The molecule has 0 bridgehead atoms. The quantitative estimate of drug-likeness (QED) is 0.426. The van der Waals surface area contributed by atoms with Crippen LogP contribution in [0.25, 0.3) is 0 Å². The second kappa shape index (κ2) is 6.55. The van der Waals surface area contributed by atoms with Crippen LogP contribution in [-0.2, 0) is 6.42 Å². The van der Waals surface area contributed by atoms with E-state index in [0.717, 1.165) is 5.56 Å². The molecular formula is C12H17N3O2. The molecule has 0 aliphatic rings. The fourth-order valence-electron chi connectivity index (χ4n) is 1.45. The van der Waals surface area contributed by atoms with Gasteiger partial charge in [0.05, 0.1) is 5.56 Å². The van der Waals surface area contributed by atoms with Gasteiger partial charge in [0.25, 0.3) is 0 Å². The summed E-state index contributed by atoms with van der Waals surface area (Å²) in [5.74, 6) is -0.954. The Balaban J connectivity index is 2.64. The van der Waals surface area contributed by atoms with Gasteiger partial charge >= 0.3 is 5.97 Å². The maximum atomic E-state index is 11.0. The lowest BCUT2D eigenvalue weighted by atomic mass is 10.0. The minimum absolute atomic E-state index is 0.259. The van der Waals surface area contributed by atoms with Crippen molar-refractivity contribution in [2.75, 3.05) is 18.8 Å². The Kier molecular flexibility index (Phi) is 5.03. The molecule has 0 aliphatic heterocycles. The van der Waals surface area contributed by atoms with Crippen molar-refractivity contribution >= 4 is 11.7 Å². The minimum atomic E-state index is -0.954. The molecule has 0 radical (unpaired) electrons. The van der Waals surface area contributed by atoms with Crippen molar-refractivity contribution in [1.82, 2.24) is 5.32 Å². The van der Waals surface area contributed by atoms with Gasteiger partial charge in [-0.1, -0.05) is 12.1 Å². The third-order valence-electron chi connectivity index (χ3n) is 2.27. The first-order chi connectivity index (χ1) is 8.15. The van der Waals surface area contributed by atoms with Crippen LogP contribution in [0.2, 0.25) is 0 Å². The smallest absolute Gasteiger partial charge is 0.336 e. The summed E-state index contributed by atoms with van der Waals surface area (Å²) in [5.41, 5.74) is 12.3. The topological polar surface area (TPSA) is 101 Å². The van der Waals surface area contributed by atoms with E-state index < -0.39 is 5.97 Å². The number of carbonyl (C=O) groups is 1. The van der Waals surface area contributed by atoms with E-state index in [1.807, 2.05) is 0 Å². The first kappa shape index (κ1) is 13.1. The van der Waals surface area contributed by atoms with Crippen LogP contribution >= 0.6 is 0 Å². The van der Waals surface area contributed by atoms with Crippen molar-refractivity contribution < 1.29 is 9.90 Å². The monoisotopic (exact) mass is 235 g/mol. The van der Waals surface area contributed by atoms with Gasteiger partial charge in [-0.2, -0.15) is 0 Å². The summed E-state index contributed by atoms with van der Waals surface area (Å²) in [6.07, 6.45) is 4.18. The third-order valence-corrected chi connectivity index (χ3v) is 2.27. The molecule has 92 valence electrons. The van der Waals surface area contributed by atoms with Crippen LogP contribution in [0.3, 0.4) is 0 Å². The van der Waals surface area contributed by atoms with E-state index in [9.17, 15) is 4.79 Å². The van der Waals surface area contributed by atoms with E-state index in [2.05, 4.69) is 5.32 Å². The van der Waals surface area contributed by atoms with Crippen molar-refractivity contribution in [3.8, 4) is 0 Å². The van der Waals surface area contributed by atoms with Crippen LogP contribution in [-0.4, -0.2) is 24.2 Å². The van der Waals surface area contributed by atoms with Crippen LogP contribution in [0.15, 0.2) is 30.5 Å². The van der Waals surface area contributed by atoms with E-state index in [0.29, 0.717) is 25.2 Å². The zero-order chi connectivity index (χ0) is 12.7. The van der Waals surface area contributed by atoms with Crippen LogP contribution in [0.4, 0.5) is 5.69 Å². The van der Waals surface area contributed by atoms with Gasteiger partial charge in [0.1, 0.15) is 0 Å². The van der Waals surface area contributed by atoms with Gasteiger partial charge in [-0.25, -0.2) is 4.79 Å². The zero-order valence-corrected chi connectivity index (χ0v) is 9.52. The molecule has 0 saturated carbocycles. The summed E-state index contributed by atoms with van der Waals surface area (Å²) >= 11 is 0. The second-order valence-electron chi connectivity index (χ2n) is 3.56. The fraction of sp³-hybridized carbons (Fsp3) is 0.250. The Morgan fingerprint density at radius 3 is 2.88 bits per heavy atom. The van der Waals surface area contributed by atoms with Crippen molar-refractivity contribution in [2.24, 2.45) is 5.73 Å². The average Bonchev–Trinajstić information content (AvgIpc) is 2.30. The van der Waals surface area contributed by atoms with Crippen molar-refractivity contribution in [3.05, 3.63) is 41.6 Å². The van der Waals surface area contributed by atoms with Crippen LogP contribution in [0, 0.1) is 0 Å². The van der Waals surface area contributed by atoms with Gasteiger partial charge in [-0.05, 0) is 30.3 Å². The number of nitrogens with two attached hydrogens (primary N) is 2. The molecule has 0 atom stereocenters. The predicted molar refractivity (Wildman–Crippen MR) is 67.7 cm³/mol. The fourth-order valence-corrected chi connectivity index (χ4v) is 1.45. The number of nitrogen functional groups attached to an aromatic ring is 1. The first-order valence-electron chi connectivity index (χ1n) is 5.35. The Hall–Kier alpha value is -2.01. The highest BCUT2D eigenvalue weighted by Gasteiger charge is 2.09. The molecule has 6 N–H and O–H groups in total. The lowest BCUT2D eigenvalue weighted by Crippen LogP contribution is -2.13. The molecule has 0 fully saturated rings. The second-order valence-corrected chi connectivity index (χ2v) is 3.56. The number of carboxylic acid groups (broad SMARTS) is 1. The van der Waals surface area contributed by atoms with Crippen molar-refractivity contribution in [2.45, 2.75) is 6.42 Å². The highest BCUT2D eigenvalue weighted by atomic mass is 16.4. The molecule has 17 heavy (non-hydrogen) atoms. The summed E-state index contributed by atoms with van der Waals surface area (Å²) in [4.78, 5) is 11.0. The van der Waals surface area contributed by atoms with Gasteiger partial charge in [-0.15, -0.1) is 0 Å². The molecule has 0 amide bonds. The maximum absolute atomic E-state index is 11.0. The van der Waals surface area contributed by atoms with Crippen LogP contribution in [0.5, 0.6) is 0 Å². The molecule has 1 rings (SSSR count). The minimum Gasteiger partial charge on any atom is -0.478 e. The number of nitrogens with one attached hydrogen (secondary N) is 1. The molecule has 0 aliphatic carbocycles. The third kappa shape index (κ3) is 4.16. The Morgan fingerprint density at radius 2 is 2.24 bits per heavy atom. The summed E-state index contributed by atoms with van der Waals surface area (Å²) in [7, 11) is 0. The highest BCUT2D eigenvalue weighted by Crippen LogP contribution is 2.14. The average molecular weight is 235 g/mol. The van der Waals surface area contributed by atoms with Crippen LogP contribution < -0.4 is 16.8 Å². The first-order valence-corrected chi connectivity index (χ1v) is 5.35. The summed E-state index contributed by atoms with van der Waals surface area (Å²) < 4.78 is 0. The van der Waals surface area contributed by atoms with E-state index >= 15 is 0 Å². The SMILES string of the molecule is NC/C=C\NCCc1ccc(N)cc1C(=O)O. The van der Waals surface area contributed by atoms with Gasteiger partial charge in [-0.3, -0.25) is 0 Å². The Labute approximate surface area is 100 Å². The molecule has 5 nitrogen and oxygen atoms in total. The number of rotatable bonds is 6. The standard InChI is InChI=1S/C12H17N3O2/c13-5-1-6-15-7-4-9-2-3-10(14)8-11(9)12(16)17/h1-3,6,8,15H,4-5,7,13-14H2,(H,16,17)/b6-1-. The number of benzene rings is 1. The molecule has 1 aromatic rings. The largest absolute Gasteiger partial charge is 0.478 e. The van der Waals surface area contributed by atoms with Gasteiger partial charge in [0.15, 0.2) is 0 Å². The van der Waals surface area contributed by atoms with Crippen LogP contribution in [0.1, 0.15) is 15.9 Å². The van der Waals surface area contributed by atoms with E-state index in [1.54, 1.807) is 24.4 Å². The number of hydrogen-bond acceptors (Lipinski definition) is 4. The van der Waals surface area contributed by atoms with E-state index in [1.165, 1.54) is 6.07 Å². The molecule has 5 heteroatoms. The number of carboxylic acids is 1. The summed E-state index contributed by atoms with van der Waals surface area (Å²) in [6, 6.07) is 4.93. The Bertz CT molecular complexity index is 416. The number of aromatic carboxylic acids is 1. The lowest BCUT2D eigenvalue weighted by Gasteiger charge is -2.07. The molecule has 0 heterocycles. The van der Waals surface area contributed by atoms with Crippen molar-refractivity contribution in [3.63, 3.8) is 0 Å². The van der Waals surface area contributed by atoms with E-state index in [-0.39, 0.29) is 5.56 Å². The van der Waals surface area contributed by atoms with Crippen molar-refractivity contribution in [1.29, 1.82) is 0 Å². The number of hydrogen-bond donors (Lipinski definition) is 4.